The van der Waals surface area contributed by atoms with Gasteiger partial charge < -0.3 is 5.32 Å². The molecule has 180 valence electrons. The number of nitrogens with one attached hydrogen (secondary N) is 1. The number of benzene rings is 2. The van der Waals surface area contributed by atoms with E-state index in [-0.39, 0.29) is 11.9 Å². The molecule has 3 amide bonds. The number of carbonyl (C=O) groups is 2. The largest absolute Gasteiger partial charge is 0.326 e. The number of rotatable bonds is 8. The third-order valence-corrected chi connectivity index (χ3v) is 6.91. The fraction of sp³-hybridized carbons (Fsp3) is 0.321. The first kappa shape index (κ1) is 23.2. The third-order valence-electron chi connectivity index (χ3n) is 6.91. The first-order chi connectivity index (χ1) is 17.1. The molecule has 7 nitrogen and oxygen atoms in total. The number of piperazine rings is 1. The van der Waals surface area contributed by atoms with Crippen LogP contribution >= 0.6 is 0 Å². The Bertz CT molecular complexity index is 1090. The molecule has 3 aromatic rings. The minimum Gasteiger partial charge on any atom is -0.322 e. The molecule has 2 fully saturated rings. The van der Waals surface area contributed by atoms with Crippen molar-refractivity contribution in [3.63, 3.8) is 0 Å². The number of amides is 3. The van der Waals surface area contributed by atoms with Gasteiger partial charge in [-0.2, -0.15) is 0 Å². The van der Waals surface area contributed by atoms with Crippen molar-refractivity contribution < 1.29 is 9.59 Å². The average Bonchev–Trinajstić information content (AvgIpc) is 3.11. The summed E-state index contributed by atoms with van der Waals surface area (Å²) >= 11 is 0. The van der Waals surface area contributed by atoms with Crippen LogP contribution in [0, 0.1) is 0 Å². The molecule has 35 heavy (non-hydrogen) atoms. The highest BCUT2D eigenvalue weighted by atomic mass is 16.2. The topological polar surface area (TPSA) is 68.8 Å². The van der Waals surface area contributed by atoms with Crippen molar-refractivity contribution in [2.24, 2.45) is 0 Å². The van der Waals surface area contributed by atoms with Gasteiger partial charge in [-0.3, -0.25) is 19.6 Å². The van der Waals surface area contributed by atoms with E-state index in [9.17, 15) is 9.59 Å². The zero-order chi connectivity index (χ0) is 24.1. The van der Waals surface area contributed by atoms with E-state index in [2.05, 4.69) is 20.1 Å². The summed E-state index contributed by atoms with van der Waals surface area (Å²) in [7, 11) is 0. The first-order valence-electron chi connectivity index (χ1n) is 12.2. The van der Waals surface area contributed by atoms with Crippen LogP contribution in [0.25, 0.3) is 0 Å². The van der Waals surface area contributed by atoms with Crippen LogP contribution in [0.3, 0.4) is 0 Å². The van der Waals surface area contributed by atoms with Gasteiger partial charge in [0.15, 0.2) is 0 Å². The van der Waals surface area contributed by atoms with E-state index in [1.807, 2.05) is 85.2 Å². The summed E-state index contributed by atoms with van der Waals surface area (Å²) in [6.07, 6.45) is 4.56. The average molecular weight is 470 g/mol. The summed E-state index contributed by atoms with van der Waals surface area (Å²) in [5.74, 6) is -0.144. The van der Waals surface area contributed by atoms with Gasteiger partial charge in [-0.15, -0.1) is 0 Å². The summed E-state index contributed by atoms with van der Waals surface area (Å²) in [5.41, 5.74) is 2.32. The van der Waals surface area contributed by atoms with Crippen LogP contribution in [0.4, 0.5) is 4.79 Å². The number of hydrogen-bond donors (Lipinski definition) is 1. The smallest absolute Gasteiger partial charge is 0.322 e. The van der Waals surface area contributed by atoms with E-state index < -0.39 is 5.54 Å². The highest BCUT2D eigenvalue weighted by molar-refractivity contribution is 6.07. The predicted octanol–water partition coefficient (Wildman–Crippen LogP) is 2.93. The third kappa shape index (κ3) is 5.42. The minimum absolute atomic E-state index is 0.144. The number of urea groups is 1. The van der Waals surface area contributed by atoms with Gasteiger partial charge in [0.05, 0.1) is 6.67 Å². The molecule has 5 rings (SSSR count). The van der Waals surface area contributed by atoms with Crippen molar-refractivity contribution in [1.29, 1.82) is 0 Å². The SMILES string of the molecule is O=C1NC(Cc2ccccc2)(Cc2ccccc2)C(=O)N1CN1CCN(Cc2ccncc2)CC1. The quantitative estimate of drug-likeness (QED) is 0.514. The molecule has 2 saturated heterocycles. The van der Waals surface area contributed by atoms with Crippen LogP contribution in [0.1, 0.15) is 16.7 Å². The van der Waals surface area contributed by atoms with E-state index in [1.54, 1.807) is 0 Å². The molecule has 0 saturated carbocycles. The molecular weight excluding hydrogens is 438 g/mol. The van der Waals surface area contributed by atoms with E-state index in [0.29, 0.717) is 19.5 Å². The van der Waals surface area contributed by atoms with Gasteiger partial charge in [0.1, 0.15) is 5.54 Å². The molecule has 1 aromatic heterocycles. The Labute approximate surface area is 206 Å². The van der Waals surface area contributed by atoms with Crippen LogP contribution in [-0.2, 0) is 24.2 Å². The van der Waals surface area contributed by atoms with Gasteiger partial charge in [-0.25, -0.2) is 9.69 Å². The molecule has 0 radical (unpaired) electrons. The van der Waals surface area contributed by atoms with Crippen molar-refractivity contribution >= 4 is 11.9 Å². The Morgan fingerprint density at radius 2 is 1.26 bits per heavy atom. The molecule has 2 aliphatic heterocycles. The molecule has 0 atom stereocenters. The Morgan fingerprint density at radius 3 is 1.83 bits per heavy atom. The molecule has 0 spiro atoms. The van der Waals surface area contributed by atoms with Crippen LogP contribution in [-0.4, -0.2) is 70.0 Å². The van der Waals surface area contributed by atoms with Crippen molar-refractivity contribution in [2.45, 2.75) is 24.9 Å². The zero-order valence-electron chi connectivity index (χ0n) is 19.8. The molecule has 2 aromatic carbocycles. The minimum atomic E-state index is -0.983. The maximum Gasteiger partial charge on any atom is 0.326 e. The highest BCUT2D eigenvalue weighted by Crippen LogP contribution is 2.27. The van der Waals surface area contributed by atoms with Crippen molar-refractivity contribution in [1.82, 2.24) is 25.0 Å². The number of carbonyl (C=O) groups excluding carboxylic acids is 2. The summed E-state index contributed by atoms with van der Waals surface area (Å²) in [6, 6.07) is 23.6. The molecular formula is C28H31N5O2. The fourth-order valence-electron chi connectivity index (χ4n) is 5.03. The lowest BCUT2D eigenvalue weighted by Crippen LogP contribution is -2.53. The Morgan fingerprint density at radius 1 is 0.714 bits per heavy atom. The van der Waals surface area contributed by atoms with Crippen LogP contribution in [0.5, 0.6) is 0 Å². The standard InChI is InChI=1S/C28H31N5O2/c34-26-28(19-23-7-3-1-4-8-23,20-24-9-5-2-6-10-24)30-27(35)33(26)22-32-17-15-31(16-18-32)21-25-11-13-29-14-12-25/h1-14H,15-22H2,(H,30,35). The Kier molecular flexibility index (Phi) is 6.88. The normalized spacial score (nSPS) is 18.6. The lowest BCUT2D eigenvalue weighted by Gasteiger charge is -2.36. The fourth-order valence-corrected chi connectivity index (χ4v) is 5.03. The second-order valence-electron chi connectivity index (χ2n) is 9.46. The second-order valence-corrected chi connectivity index (χ2v) is 9.46. The van der Waals surface area contributed by atoms with Crippen LogP contribution < -0.4 is 5.32 Å². The van der Waals surface area contributed by atoms with Gasteiger partial charge >= 0.3 is 6.03 Å². The number of aromatic nitrogens is 1. The number of hydrogen-bond acceptors (Lipinski definition) is 5. The molecule has 3 heterocycles. The van der Waals surface area contributed by atoms with Gasteiger partial charge in [0.25, 0.3) is 5.91 Å². The summed E-state index contributed by atoms with van der Waals surface area (Å²) in [6.45, 7) is 4.62. The lowest BCUT2D eigenvalue weighted by atomic mass is 9.84. The summed E-state index contributed by atoms with van der Waals surface area (Å²) in [5, 5.41) is 3.09. The van der Waals surface area contributed by atoms with Crippen LogP contribution in [0.2, 0.25) is 0 Å². The summed E-state index contributed by atoms with van der Waals surface area (Å²) in [4.78, 5) is 37.0. The Hall–Kier alpha value is -3.55. The van der Waals surface area contributed by atoms with Gasteiger partial charge in [-0.05, 0) is 28.8 Å². The highest BCUT2D eigenvalue weighted by Gasteiger charge is 2.51. The van der Waals surface area contributed by atoms with Gasteiger partial charge in [0.2, 0.25) is 0 Å². The number of nitrogens with zero attached hydrogens (tertiary/aromatic N) is 4. The maximum atomic E-state index is 13.8. The van der Waals surface area contributed by atoms with E-state index in [1.165, 1.54) is 10.5 Å². The van der Waals surface area contributed by atoms with Crippen molar-refractivity contribution in [3.8, 4) is 0 Å². The molecule has 2 aliphatic rings. The molecule has 0 unspecified atom stereocenters. The van der Waals surface area contributed by atoms with Crippen molar-refractivity contribution in [2.75, 3.05) is 32.8 Å². The molecule has 7 heteroatoms. The number of imide groups is 1. The lowest BCUT2D eigenvalue weighted by molar-refractivity contribution is -0.133. The van der Waals surface area contributed by atoms with Crippen LogP contribution in [0.15, 0.2) is 85.2 Å². The molecule has 0 bridgehead atoms. The van der Waals surface area contributed by atoms with Gasteiger partial charge in [0, 0.05) is 58.0 Å². The zero-order valence-corrected chi connectivity index (χ0v) is 19.8. The Balaban J connectivity index is 1.27. The van der Waals surface area contributed by atoms with E-state index >= 15 is 0 Å². The molecule has 0 aliphatic carbocycles. The van der Waals surface area contributed by atoms with E-state index in [0.717, 1.165) is 43.9 Å². The molecule has 1 N–H and O–H groups in total. The van der Waals surface area contributed by atoms with Crippen molar-refractivity contribution in [3.05, 3.63) is 102 Å². The van der Waals surface area contributed by atoms with Gasteiger partial charge in [-0.1, -0.05) is 60.7 Å². The monoisotopic (exact) mass is 469 g/mol. The maximum absolute atomic E-state index is 13.8. The van der Waals surface area contributed by atoms with E-state index in [4.69, 9.17) is 0 Å². The second kappa shape index (κ2) is 10.4. The summed E-state index contributed by atoms with van der Waals surface area (Å²) < 4.78 is 0. The predicted molar refractivity (Wildman–Crippen MR) is 134 cm³/mol. The number of pyridine rings is 1. The first-order valence-corrected chi connectivity index (χ1v) is 12.2.